The Morgan fingerprint density at radius 3 is 1.90 bits per heavy atom. The van der Waals surface area contributed by atoms with Crippen LogP contribution in [0.15, 0.2) is 232 Å². The zero-order valence-corrected chi connectivity index (χ0v) is 35.3. The smallest absolute Gasteiger partial charge is 0.0619 e. The summed E-state index contributed by atoms with van der Waals surface area (Å²) in [6, 6.07) is 54.4. The number of nitrogens with zero attached hydrogens (tertiary/aromatic N) is 1. The van der Waals surface area contributed by atoms with Gasteiger partial charge in [0.1, 0.15) is 0 Å². The molecule has 3 heteroatoms. The number of hydrogen-bond acceptors (Lipinski definition) is 1. The van der Waals surface area contributed by atoms with Gasteiger partial charge < -0.3 is 14.9 Å². The summed E-state index contributed by atoms with van der Waals surface area (Å²) in [7, 11) is 0. The van der Waals surface area contributed by atoms with Gasteiger partial charge in [0.2, 0.25) is 0 Å². The number of nitrogens with one attached hydrogen (secondary N) is 2. The van der Waals surface area contributed by atoms with E-state index in [4.69, 9.17) is 0 Å². The van der Waals surface area contributed by atoms with Crippen LogP contribution in [0, 0.1) is 0 Å². The maximum absolute atomic E-state index is 4.16. The quantitative estimate of drug-likeness (QED) is 0.148. The molecule has 0 amide bonds. The van der Waals surface area contributed by atoms with Crippen LogP contribution in [0.25, 0.3) is 76.8 Å². The fourth-order valence-electron chi connectivity index (χ4n) is 8.87. The lowest BCUT2D eigenvalue weighted by molar-refractivity contribution is 0.654. The Kier molecular flexibility index (Phi) is 11.1. The van der Waals surface area contributed by atoms with E-state index in [1.54, 1.807) is 6.08 Å². The van der Waals surface area contributed by atoms with Crippen LogP contribution in [0.5, 0.6) is 0 Å². The second-order valence-corrected chi connectivity index (χ2v) is 15.8. The Bertz CT molecular complexity index is 3210. The highest BCUT2D eigenvalue weighted by atomic mass is 15.0. The van der Waals surface area contributed by atoms with Crippen molar-refractivity contribution in [2.45, 2.75) is 26.2 Å². The Hall–Kier alpha value is -7.62. The highest BCUT2D eigenvalue weighted by molar-refractivity contribution is 6.22. The van der Waals surface area contributed by atoms with Gasteiger partial charge in [-0.05, 0) is 100 Å². The molecule has 0 saturated heterocycles. The van der Waals surface area contributed by atoms with E-state index in [0.29, 0.717) is 0 Å². The molecule has 1 aliphatic carbocycles. The second kappa shape index (κ2) is 16.9. The summed E-state index contributed by atoms with van der Waals surface area (Å²) in [6.45, 7) is 25.8. The van der Waals surface area contributed by atoms with Crippen LogP contribution in [0.1, 0.15) is 31.9 Å². The fraction of sp³-hybridized carbons (Fsp3) is 0.0690. The van der Waals surface area contributed by atoms with Gasteiger partial charge in [-0.1, -0.05) is 174 Å². The van der Waals surface area contributed by atoms with Crippen molar-refractivity contribution < 1.29 is 0 Å². The topological polar surface area (TPSA) is 32.8 Å². The first kappa shape index (κ1) is 40.2. The van der Waals surface area contributed by atoms with Crippen LogP contribution in [0.4, 0.5) is 0 Å². The van der Waals surface area contributed by atoms with E-state index < -0.39 is 0 Å². The lowest BCUT2D eigenvalue weighted by Gasteiger charge is -2.23. The van der Waals surface area contributed by atoms with Crippen molar-refractivity contribution in [2.75, 3.05) is 0 Å². The van der Waals surface area contributed by atoms with E-state index in [-0.39, 0.29) is 5.41 Å². The zero-order valence-electron chi connectivity index (χ0n) is 35.3. The van der Waals surface area contributed by atoms with Crippen LogP contribution in [-0.4, -0.2) is 9.55 Å². The highest BCUT2D eigenvalue weighted by Crippen LogP contribution is 2.49. The Morgan fingerprint density at radius 1 is 0.590 bits per heavy atom. The van der Waals surface area contributed by atoms with Crippen LogP contribution in [0.3, 0.4) is 0 Å². The van der Waals surface area contributed by atoms with Crippen LogP contribution in [-0.2, 0) is 5.41 Å². The lowest BCUT2D eigenvalue weighted by atomic mass is 9.81. The predicted octanol–water partition coefficient (Wildman–Crippen LogP) is 15.7. The molecule has 3 nitrogen and oxygen atoms in total. The molecule has 0 radical (unpaired) electrons. The molecule has 2 aromatic heterocycles. The Balaban J connectivity index is 0.000000272. The summed E-state index contributed by atoms with van der Waals surface area (Å²) < 4.78 is 2.47. The molecule has 0 spiro atoms. The fourth-order valence-corrected chi connectivity index (χ4v) is 8.87. The molecule has 0 fully saturated rings. The molecule has 0 atom stereocenters. The maximum atomic E-state index is 4.16. The third-order valence-corrected chi connectivity index (χ3v) is 11.7. The van der Waals surface area contributed by atoms with Gasteiger partial charge in [0.05, 0.1) is 11.0 Å². The Labute approximate surface area is 359 Å². The van der Waals surface area contributed by atoms with Gasteiger partial charge in [0.25, 0.3) is 0 Å². The standard InChI is InChI=1S/C43H32N2.C9H13N.C6H6/c1-5-28-30-21-20-27(24-38(30)43(3,4)37(28)6-2)45-41-18-12-10-15-32(41)36-25-34(29-13-7-8-16-33(29)42(36)45)26-19-22-40-35(23-26)31-14-9-11-17-39(31)44-40;1-5-7-9(4)10-8(3)6-2;1-2-4-6-5-3-1/h5-25,44H,1-2H2,3-4H3;5-7,10H,2-4H2,1H3;1-6H/b;7-5-;. The lowest BCUT2D eigenvalue weighted by Crippen LogP contribution is -2.16. The summed E-state index contributed by atoms with van der Waals surface area (Å²) in [5, 5.41) is 10.5. The number of hydrogen-bond donors (Lipinski definition) is 2. The molecule has 0 aliphatic heterocycles. The van der Waals surface area contributed by atoms with Crippen LogP contribution < -0.4 is 5.32 Å². The average Bonchev–Trinajstić information content (AvgIpc) is 3.91. The molecule has 7 aromatic carbocycles. The predicted molar refractivity (Wildman–Crippen MR) is 266 cm³/mol. The number of para-hydroxylation sites is 2. The molecule has 10 rings (SSSR count). The van der Waals surface area contributed by atoms with Gasteiger partial charge in [-0.15, -0.1) is 0 Å². The van der Waals surface area contributed by atoms with E-state index in [1.165, 1.54) is 88.0 Å². The van der Waals surface area contributed by atoms with Gasteiger partial charge in [0.15, 0.2) is 0 Å². The van der Waals surface area contributed by atoms with Crippen molar-refractivity contribution in [3.63, 3.8) is 0 Å². The number of rotatable bonds is 8. The number of allylic oxidation sites excluding steroid dienone is 7. The number of aromatic nitrogens is 2. The van der Waals surface area contributed by atoms with Crippen molar-refractivity contribution in [2.24, 2.45) is 0 Å². The second-order valence-electron chi connectivity index (χ2n) is 15.8. The maximum Gasteiger partial charge on any atom is 0.0619 e. The van der Waals surface area contributed by atoms with Gasteiger partial charge in [0, 0.05) is 60.5 Å². The number of aromatic amines is 1. The van der Waals surface area contributed by atoms with E-state index in [2.05, 4.69) is 177 Å². The zero-order chi connectivity index (χ0) is 42.7. The molecule has 298 valence electrons. The van der Waals surface area contributed by atoms with E-state index >= 15 is 0 Å². The van der Waals surface area contributed by atoms with Crippen molar-refractivity contribution in [1.29, 1.82) is 0 Å². The minimum Gasteiger partial charge on any atom is -0.357 e. The van der Waals surface area contributed by atoms with Crippen molar-refractivity contribution in [3.8, 4) is 16.8 Å². The van der Waals surface area contributed by atoms with E-state index in [0.717, 1.165) is 16.9 Å². The molecule has 2 N–H and O–H groups in total. The minimum absolute atomic E-state index is 0.161. The average molecular weight is 790 g/mol. The molecule has 1 aliphatic rings. The molecule has 0 unspecified atom stereocenters. The third-order valence-electron chi connectivity index (χ3n) is 11.7. The van der Waals surface area contributed by atoms with Crippen molar-refractivity contribution in [1.82, 2.24) is 14.9 Å². The number of fused-ring (bicyclic) bond motifs is 9. The molecular formula is C58H51N3. The van der Waals surface area contributed by atoms with Crippen molar-refractivity contribution in [3.05, 3.63) is 243 Å². The first-order valence-electron chi connectivity index (χ1n) is 20.7. The van der Waals surface area contributed by atoms with Crippen molar-refractivity contribution >= 4 is 60.0 Å². The highest BCUT2D eigenvalue weighted by Gasteiger charge is 2.35. The third kappa shape index (κ3) is 7.36. The summed E-state index contributed by atoms with van der Waals surface area (Å²) in [5.41, 5.74) is 14.8. The van der Waals surface area contributed by atoms with E-state index in [9.17, 15) is 0 Å². The molecule has 0 saturated carbocycles. The summed E-state index contributed by atoms with van der Waals surface area (Å²) in [4.78, 5) is 3.59. The first-order valence-corrected chi connectivity index (χ1v) is 20.7. The van der Waals surface area contributed by atoms with E-state index in [1.807, 2.05) is 67.6 Å². The molecule has 0 bridgehead atoms. The monoisotopic (exact) mass is 789 g/mol. The molecular weight excluding hydrogens is 739 g/mol. The van der Waals surface area contributed by atoms with Crippen LogP contribution >= 0.6 is 0 Å². The molecule has 2 heterocycles. The van der Waals surface area contributed by atoms with Gasteiger partial charge in [-0.2, -0.15) is 0 Å². The van der Waals surface area contributed by atoms with Crippen LogP contribution in [0.2, 0.25) is 0 Å². The van der Waals surface area contributed by atoms with Gasteiger partial charge >= 0.3 is 0 Å². The molecule has 61 heavy (non-hydrogen) atoms. The minimum atomic E-state index is -0.161. The summed E-state index contributed by atoms with van der Waals surface area (Å²) in [5.74, 6) is 0. The summed E-state index contributed by atoms with van der Waals surface area (Å²) >= 11 is 0. The largest absolute Gasteiger partial charge is 0.357 e. The SMILES string of the molecule is C=CC(=C)NC(=C)/C=C\C.C=CC1=C(C=C)C(C)(C)c2cc(-n3c4ccccc4c4cc(-c5ccc6[nH]c7ccccc7c6c5)c5ccccc5c43)ccc21.c1ccccc1. The normalized spacial score (nSPS) is 12.8. The number of H-pyrrole nitrogens is 1. The van der Waals surface area contributed by atoms with Gasteiger partial charge in [-0.3, -0.25) is 0 Å². The van der Waals surface area contributed by atoms with Gasteiger partial charge in [-0.25, -0.2) is 0 Å². The Morgan fingerprint density at radius 2 is 1.23 bits per heavy atom. The number of benzene rings is 7. The first-order chi connectivity index (χ1) is 29.7. The molecule has 9 aromatic rings. The summed E-state index contributed by atoms with van der Waals surface area (Å²) in [6.07, 6.45) is 9.41.